The summed E-state index contributed by atoms with van der Waals surface area (Å²) < 4.78 is 12.0. The number of aliphatic hydroxyl groups is 1. The zero-order valence-corrected chi connectivity index (χ0v) is 24.2. The van der Waals surface area contributed by atoms with E-state index in [4.69, 9.17) is 32.7 Å². The van der Waals surface area contributed by atoms with E-state index in [1.165, 1.54) is 0 Å². The molecule has 0 radical (unpaired) electrons. The lowest BCUT2D eigenvalue weighted by atomic mass is 9.98. The second-order valence-electron chi connectivity index (χ2n) is 10.6. The Morgan fingerprint density at radius 1 is 1.21 bits per heavy atom. The van der Waals surface area contributed by atoms with Gasteiger partial charge in [-0.2, -0.15) is 0 Å². The first-order valence-corrected chi connectivity index (χ1v) is 14.2. The molecule has 39 heavy (non-hydrogen) atoms. The number of carbonyl (C=O) groups excluding carboxylic acids is 2. The first-order chi connectivity index (χ1) is 18.7. The predicted molar refractivity (Wildman–Crippen MR) is 153 cm³/mol. The summed E-state index contributed by atoms with van der Waals surface area (Å²) in [5, 5.41) is 14.0. The molecule has 0 bridgehead atoms. The standard InChI is InChI=1S/C29H37Cl2N3O5/c1-18-14-34(19(2)17-35)29(37)22-5-4-6-25(32-28(36)21-9-11-38-12-10-21)27(22)39-26(18)16-33(3)15-20-7-8-23(30)24(31)13-20/h4-8,13,18-19,21,26,35H,9-12,14-17H2,1-3H3,(H,32,36)/t18-,19+,26+/m1/s1. The molecular formula is C29H37Cl2N3O5. The molecule has 3 atom stereocenters. The molecule has 2 aromatic carbocycles. The van der Waals surface area contributed by atoms with Crippen molar-refractivity contribution in [2.45, 2.75) is 45.4 Å². The Morgan fingerprint density at radius 2 is 1.95 bits per heavy atom. The van der Waals surface area contributed by atoms with E-state index < -0.39 is 0 Å². The molecule has 2 aliphatic rings. The molecule has 2 aliphatic heterocycles. The van der Waals surface area contributed by atoms with Crippen LogP contribution in [0.4, 0.5) is 5.69 Å². The maximum Gasteiger partial charge on any atom is 0.258 e. The van der Waals surface area contributed by atoms with E-state index >= 15 is 0 Å². The Labute approximate surface area is 240 Å². The maximum atomic E-state index is 13.7. The van der Waals surface area contributed by atoms with E-state index in [0.717, 1.165) is 5.56 Å². The minimum atomic E-state index is -0.374. The normalized spacial score (nSPS) is 21.1. The summed E-state index contributed by atoms with van der Waals surface area (Å²) in [7, 11) is 2.00. The van der Waals surface area contributed by atoms with Crippen LogP contribution in [-0.4, -0.2) is 78.8 Å². The first-order valence-electron chi connectivity index (χ1n) is 13.4. The van der Waals surface area contributed by atoms with Crippen molar-refractivity contribution >= 4 is 40.7 Å². The monoisotopic (exact) mass is 577 g/mol. The van der Waals surface area contributed by atoms with Crippen molar-refractivity contribution in [1.82, 2.24) is 9.80 Å². The Bertz CT molecular complexity index is 1170. The number of hydrogen-bond acceptors (Lipinski definition) is 6. The van der Waals surface area contributed by atoms with Crippen LogP contribution in [0.15, 0.2) is 36.4 Å². The highest BCUT2D eigenvalue weighted by molar-refractivity contribution is 6.42. The molecule has 8 nitrogen and oxygen atoms in total. The van der Waals surface area contributed by atoms with Crippen molar-refractivity contribution < 1.29 is 24.2 Å². The van der Waals surface area contributed by atoms with E-state index in [0.29, 0.717) is 72.7 Å². The molecule has 0 aromatic heterocycles. The van der Waals surface area contributed by atoms with Crippen molar-refractivity contribution in [3.8, 4) is 5.75 Å². The van der Waals surface area contributed by atoms with Gasteiger partial charge >= 0.3 is 0 Å². The molecule has 2 amide bonds. The zero-order chi connectivity index (χ0) is 28.1. The number of halogens is 2. The molecule has 0 spiro atoms. The second kappa shape index (κ2) is 13.3. The Hall–Kier alpha value is -2.36. The summed E-state index contributed by atoms with van der Waals surface area (Å²) in [6.07, 6.45) is 1.00. The lowest BCUT2D eigenvalue weighted by Gasteiger charge is -2.38. The number of amides is 2. The minimum absolute atomic E-state index is 0.0633. The summed E-state index contributed by atoms with van der Waals surface area (Å²) >= 11 is 12.3. The van der Waals surface area contributed by atoms with Gasteiger partial charge in [0.1, 0.15) is 6.10 Å². The van der Waals surface area contributed by atoms with Crippen molar-refractivity contribution in [3.63, 3.8) is 0 Å². The third-order valence-electron chi connectivity index (χ3n) is 7.47. The van der Waals surface area contributed by atoms with Crippen LogP contribution in [0.25, 0.3) is 0 Å². The van der Waals surface area contributed by atoms with E-state index in [9.17, 15) is 14.7 Å². The fraction of sp³-hybridized carbons (Fsp3) is 0.517. The molecule has 1 fully saturated rings. The van der Waals surface area contributed by atoms with Crippen LogP contribution in [0.5, 0.6) is 5.75 Å². The van der Waals surface area contributed by atoms with Gasteiger partial charge in [-0.1, -0.05) is 42.3 Å². The van der Waals surface area contributed by atoms with Crippen molar-refractivity contribution in [2.24, 2.45) is 11.8 Å². The second-order valence-corrected chi connectivity index (χ2v) is 11.4. The Kier molecular flexibility index (Phi) is 10.1. The minimum Gasteiger partial charge on any atom is -0.486 e. The average Bonchev–Trinajstić information content (AvgIpc) is 2.93. The molecule has 2 heterocycles. The third kappa shape index (κ3) is 7.24. The highest BCUT2D eigenvalue weighted by atomic mass is 35.5. The topological polar surface area (TPSA) is 91.3 Å². The number of fused-ring (bicyclic) bond motifs is 1. The number of likely N-dealkylation sites (N-methyl/N-ethyl adjacent to an activating group) is 1. The van der Waals surface area contributed by atoms with E-state index in [2.05, 4.69) is 10.2 Å². The summed E-state index contributed by atoms with van der Waals surface area (Å²) in [5.41, 5.74) is 1.85. The molecule has 212 valence electrons. The number of aliphatic hydroxyl groups excluding tert-OH is 1. The number of nitrogens with one attached hydrogen (secondary N) is 1. The predicted octanol–water partition coefficient (Wildman–Crippen LogP) is 4.71. The van der Waals surface area contributed by atoms with Crippen LogP contribution >= 0.6 is 23.2 Å². The molecule has 10 heteroatoms. The van der Waals surface area contributed by atoms with Gasteiger partial charge in [0, 0.05) is 44.7 Å². The lowest BCUT2D eigenvalue weighted by molar-refractivity contribution is -0.122. The van der Waals surface area contributed by atoms with Crippen LogP contribution in [0, 0.1) is 11.8 Å². The number of benzene rings is 2. The van der Waals surface area contributed by atoms with Gasteiger partial charge in [-0.3, -0.25) is 14.5 Å². The summed E-state index contributed by atoms with van der Waals surface area (Å²) in [6.45, 7) is 6.41. The molecule has 4 rings (SSSR count). The zero-order valence-electron chi connectivity index (χ0n) is 22.7. The third-order valence-corrected chi connectivity index (χ3v) is 8.21. The largest absolute Gasteiger partial charge is 0.486 e. The van der Waals surface area contributed by atoms with Crippen LogP contribution in [0.1, 0.15) is 42.6 Å². The van der Waals surface area contributed by atoms with Gasteiger partial charge in [0.25, 0.3) is 5.91 Å². The smallest absolute Gasteiger partial charge is 0.258 e. The fourth-order valence-electron chi connectivity index (χ4n) is 5.08. The number of para-hydroxylation sites is 1. The highest BCUT2D eigenvalue weighted by Crippen LogP contribution is 2.35. The molecular weight excluding hydrogens is 541 g/mol. The number of rotatable bonds is 8. The fourth-order valence-corrected chi connectivity index (χ4v) is 5.40. The summed E-state index contributed by atoms with van der Waals surface area (Å²) in [4.78, 5) is 30.6. The summed E-state index contributed by atoms with van der Waals surface area (Å²) in [5.74, 6) is -0.198. The van der Waals surface area contributed by atoms with Gasteiger partial charge in [0.15, 0.2) is 5.75 Å². The molecule has 0 unspecified atom stereocenters. The van der Waals surface area contributed by atoms with Crippen LogP contribution in [0.3, 0.4) is 0 Å². The van der Waals surface area contributed by atoms with Gasteiger partial charge in [-0.15, -0.1) is 0 Å². The average molecular weight is 579 g/mol. The number of ether oxygens (including phenoxy) is 2. The Morgan fingerprint density at radius 3 is 2.64 bits per heavy atom. The van der Waals surface area contributed by atoms with Crippen molar-refractivity contribution in [1.29, 1.82) is 0 Å². The molecule has 1 saturated heterocycles. The van der Waals surface area contributed by atoms with E-state index in [1.54, 1.807) is 29.2 Å². The van der Waals surface area contributed by atoms with Gasteiger partial charge in [0.05, 0.1) is 33.9 Å². The highest BCUT2D eigenvalue weighted by Gasteiger charge is 2.35. The van der Waals surface area contributed by atoms with Crippen molar-refractivity contribution in [2.75, 3.05) is 45.3 Å². The van der Waals surface area contributed by atoms with Crippen LogP contribution in [-0.2, 0) is 16.1 Å². The number of carbonyl (C=O) groups is 2. The van der Waals surface area contributed by atoms with Crippen LogP contribution < -0.4 is 10.1 Å². The van der Waals surface area contributed by atoms with Gasteiger partial charge in [-0.25, -0.2) is 0 Å². The SMILES string of the molecule is C[C@@H]1CN([C@@H](C)CO)C(=O)c2cccc(NC(=O)C3CCOCC3)c2O[C@H]1CN(C)Cc1ccc(Cl)c(Cl)c1. The number of hydrogen-bond donors (Lipinski definition) is 2. The maximum absolute atomic E-state index is 13.7. The molecule has 2 N–H and O–H groups in total. The van der Waals surface area contributed by atoms with Gasteiger partial charge in [-0.05, 0) is 56.6 Å². The van der Waals surface area contributed by atoms with E-state index in [1.807, 2.05) is 33.0 Å². The van der Waals surface area contributed by atoms with E-state index in [-0.39, 0.29) is 42.4 Å². The first kappa shape index (κ1) is 29.6. The Balaban J connectivity index is 1.63. The quantitative estimate of drug-likeness (QED) is 0.472. The molecule has 0 aliphatic carbocycles. The lowest BCUT2D eigenvalue weighted by Crippen LogP contribution is -2.49. The number of anilines is 1. The molecule has 2 aromatic rings. The van der Waals surface area contributed by atoms with Crippen molar-refractivity contribution in [3.05, 3.63) is 57.6 Å². The van der Waals surface area contributed by atoms with Gasteiger partial charge < -0.3 is 24.8 Å². The summed E-state index contributed by atoms with van der Waals surface area (Å²) in [6, 6.07) is 10.4. The molecule has 0 saturated carbocycles. The van der Waals surface area contributed by atoms with Gasteiger partial charge in [0.2, 0.25) is 5.91 Å². The van der Waals surface area contributed by atoms with Crippen LogP contribution in [0.2, 0.25) is 10.0 Å². The number of nitrogens with zero attached hydrogens (tertiary/aromatic N) is 2.